The topological polar surface area (TPSA) is 78.1 Å². The minimum atomic E-state index is 0.646. The number of para-hydroxylation sites is 2. The highest BCUT2D eigenvalue weighted by Gasteiger charge is 1.85. The number of rotatable bonds is 0. The number of nitrogens with two attached hydrogens (primary N) is 3. The zero-order valence-corrected chi connectivity index (χ0v) is 9.35. The molecule has 0 aromatic heterocycles. The summed E-state index contributed by atoms with van der Waals surface area (Å²) in [4.78, 5) is 0. The minimum absolute atomic E-state index is 0.646. The molecule has 84 valence electrons. The molecule has 2 aromatic carbocycles. The monoisotopic (exact) mass is 215 g/mol. The molecule has 0 heterocycles. The van der Waals surface area contributed by atoms with Crippen LogP contribution in [0.5, 0.6) is 0 Å². The molecule has 0 saturated heterocycles. The quantitative estimate of drug-likeness (QED) is 0.590. The van der Waals surface area contributed by atoms with E-state index in [1.807, 2.05) is 43.3 Å². The van der Waals surface area contributed by atoms with Crippen LogP contribution in [0.1, 0.15) is 5.56 Å². The van der Waals surface area contributed by atoms with Gasteiger partial charge in [-0.3, -0.25) is 0 Å². The third kappa shape index (κ3) is 3.92. The van der Waals surface area contributed by atoms with Gasteiger partial charge in [-0.2, -0.15) is 0 Å². The van der Waals surface area contributed by atoms with Crippen molar-refractivity contribution >= 4 is 17.1 Å². The van der Waals surface area contributed by atoms with E-state index >= 15 is 0 Å². The molecule has 0 aliphatic rings. The van der Waals surface area contributed by atoms with Gasteiger partial charge in [0.25, 0.3) is 0 Å². The lowest BCUT2D eigenvalue weighted by Gasteiger charge is -1.94. The predicted octanol–water partition coefficient (Wildman–Crippen LogP) is 2.43. The van der Waals surface area contributed by atoms with Crippen molar-refractivity contribution in [2.75, 3.05) is 17.2 Å². The molecule has 2 rings (SSSR count). The van der Waals surface area contributed by atoms with Gasteiger partial charge in [0.2, 0.25) is 0 Å². The summed E-state index contributed by atoms with van der Waals surface area (Å²) in [6.45, 7) is 2.04. The Balaban J connectivity index is 0.000000160. The molecule has 0 bridgehead atoms. The third-order valence-electron chi connectivity index (χ3n) is 2.07. The fraction of sp³-hybridized carbons (Fsp3) is 0.0769. The van der Waals surface area contributed by atoms with Crippen LogP contribution in [0.3, 0.4) is 0 Å². The Hall–Kier alpha value is -2.16. The molecule has 2 aromatic rings. The summed E-state index contributed by atoms with van der Waals surface area (Å²) in [7, 11) is 0. The van der Waals surface area contributed by atoms with E-state index in [4.69, 9.17) is 17.2 Å². The van der Waals surface area contributed by atoms with Gasteiger partial charge in [-0.1, -0.05) is 29.8 Å². The second-order valence-electron chi connectivity index (χ2n) is 3.54. The lowest BCUT2D eigenvalue weighted by atomic mass is 10.2. The summed E-state index contributed by atoms with van der Waals surface area (Å²) >= 11 is 0. The van der Waals surface area contributed by atoms with Crippen LogP contribution in [0.4, 0.5) is 17.1 Å². The molecule has 3 nitrogen and oxygen atoms in total. The number of aryl methyl sites for hydroxylation is 1. The first-order chi connectivity index (χ1) is 7.59. The van der Waals surface area contributed by atoms with E-state index < -0.39 is 0 Å². The first-order valence-electron chi connectivity index (χ1n) is 5.01. The van der Waals surface area contributed by atoms with Crippen molar-refractivity contribution < 1.29 is 0 Å². The van der Waals surface area contributed by atoms with E-state index in [0.29, 0.717) is 11.4 Å². The number of benzene rings is 2. The van der Waals surface area contributed by atoms with Gasteiger partial charge in [0.15, 0.2) is 0 Å². The molecule has 0 saturated carbocycles. The van der Waals surface area contributed by atoms with Crippen molar-refractivity contribution in [3.63, 3.8) is 0 Å². The Bertz CT molecular complexity index is 393. The van der Waals surface area contributed by atoms with E-state index in [0.717, 1.165) is 5.69 Å². The molecule has 0 aliphatic heterocycles. The first-order valence-corrected chi connectivity index (χ1v) is 5.01. The smallest absolute Gasteiger partial charge is 0.0547 e. The van der Waals surface area contributed by atoms with Gasteiger partial charge in [-0.15, -0.1) is 0 Å². The van der Waals surface area contributed by atoms with Gasteiger partial charge in [0.05, 0.1) is 11.4 Å². The van der Waals surface area contributed by atoms with E-state index in [1.54, 1.807) is 12.1 Å². The molecule has 0 spiro atoms. The van der Waals surface area contributed by atoms with E-state index in [2.05, 4.69) is 0 Å². The summed E-state index contributed by atoms with van der Waals surface area (Å²) < 4.78 is 0. The van der Waals surface area contributed by atoms with Crippen LogP contribution in [0.25, 0.3) is 0 Å². The van der Waals surface area contributed by atoms with Crippen LogP contribution < -0.4 is 17.2 Å². The summed E-state index contributed by atoms with van der Waals surface area (Å²) in [6, 6.07) is 15.0. The Labute approximate surface area is 95.9 Å². The highest BCUT2D eigenvalue weighted by atomic mass is 14.7. The summed E-state index contributed by atoms with van der Waals surface area (Å²) in [5, 5.41) is 0. The van der Waals surface area contributed by atoms with Crippen molar-refractivity contribution in [3.8, 4) is 0 Å². The summed E-state index contributed by atoms with van der Waals surface area (Å²) in [6.07, 6.45) is 0. The fourth-order valence-electron chi connectivity index (χ4n) is 1.08. The molecule has 0 aliphatic carbocycles. The first kappa shape index (κ1) is 11.9. The molecule has 0 atom stereocenters. The summed E-state index contributed by atoms with van der Waals surface area (Å²) in [5.41, 5.74) is 19.6. The van der Waals surface area contributed by atoms with Gasteiger partial charge in [-0.25, -0.2) is 0 Å². The van der Waals surface area contributed by atoms with Crippen molar-refractivity contribution in [1.29, 1.82) is 0 Å². The highest BCUT2D eigenvalue weighted by molar-refractivity contribution is 5.62. The van der Waals surface area contributed by atoms with Crippen molar-refractivity contribution in [1.82, 2.24) is 0 Å². The third-order valence-corrected chi connectivity index (χ3v) is 2.07. The van der Waals surface area contributed by atoms with Gasteiger partial charge >= 0.3 is 0 Å². The van der Waals surface area contributed by atoms with E-state index in [1.165, 1.54) is 5.56 Å². The molecular formula is C13H17N3. The average molecular weight is 215 g/mol. The summed E-state index contributed by atoms with van der Waals surface area (Å²) in [5.74, 6) is 0. The maximum absolute atomic E-state index is 5.43. The second kappa shape index (κ2) is 5.66. The van der Waals surface area contributed by atoms with Crippen LogP contribution in [-0.2, 0) is 0 Å². The predicted molar refractivity (Wildman–Crippen MR) is 70.9 cm³/mol. The second-order valence-corrected chi connectivity index (χ2v) is 3.54. The van der Waals surface area contributed by atoms with Gasteiger partial charge in [0, 0.05) is 5.69 Å². The zero-order valence-electron chi connectivity index (χ0n) is 9.35. The van der Waals surface area contributed by atoms with E-state index in [9.17, 15) is 0 Å². The number of nitrogen functional groups attached to an aromatic ring is 3. The highest BCUT2D eigenvalue weighted by Crippen LogP contribution is 2.10. The van der Waals surface area contributed by atoms with Crippen LogP contribution in [-0.4, -0.2) is 0 Å². The molecule has 0 amide bonds. The molecule has 0 fully saturated rings. The molecule has 16 heavy (non-hydrogen) atoms. The Morgan fingerprint density at radius 3 is 1.44 bits per heavy atom. The van der Waals surface area contributed by atoms with E-state index in [-0.39, 0.29) is 0 Å². The lowest BCUT2D eigenvalue weighted by molar-refractivity contribution is 1.47. The largest absolute Gasteiger partial charge is 0.399 e. The number of hydrogen-bond donors (Lipinski definition) is 3. The number of anilines is 3. The minimum Gasteiger partial charge on any atom is -0.399 e. The fourth-order valence-corrected chi connectivity index (χ4v) is 1.08. The van der Waals surface area contributed by atoms with Crippen LogP contribution in [0, 0.1) is 6.92 Å². The van der Waals surface area contributed by atoms with Crippen LogP contribution in [0.2, 0.25) is 0 Å². The normalized spacial score (nSPS) is 9.06. The zero-order chi connectivity index (χ0) is 12.0. The van der Waals surface area contributed by atoms with Crippen molar-refractivity contribution in [3.05, 3.63) is 54.1 Å². The van der Waals surface area contributed by atoms with Gasteiger partial charge < -0.3 is 17.2 Å². The molecule has 0 unspecified atom stereocenters. The van der Waals surface area contributed by atoms with Crippen LogP contribution in [0.15, 0.2) is 48.5 Å². The molecular weight excluding hydrogens is 198 g/mol. The molecule has 3 heteroatoms. The maximum atomic E-state index is 5.43. The Kier molecular flexibility index (Phi) is 4.21. The Morgan fingerprint density at radius 1 is 0.688 bits per heavy atom. The lowest BCUT2D eigenvalue weighted by Crippen LogP contribution is -1.91. The maximum Gasteiger partial charge on any atom is 0.0547 e. The van der Waals surface area contributed by atoms with Crippen molar-refractivity contribution in [2.45, 2.75) is 6.92 Å². The van der Waals surface area contributed by atoms with Crippen molar-refractivity contribution in [2.24, 2.45) is 0 Å². The SMILES string of the molecule is Cc1ccc(N)cc1.Nc1ccccc1N. The van der Waals surface area contributed by atoms with Gasteiger partial charge in [-0.05, 0) is 31.2 Å². The molecule has 0 radical (unpaired) electrons. The average Bonchev–Trinajstić information content (AvgIpc) is 2.28. The Morgan fingerprint density at radius 2 is 1.12 bits per heavy atom. The standard InChI is InChI=1S/C7H9N.C6H8N2/c1-6-2-4-7(8)5-3-6;7-5-3-1-2-4-6(5)8/h2-5H,8H2,1H3;1-4H,7-8H2. The van der Waals surface area contributed by atoms with Crippen LogP contribution >= 0.6 is 0 Å². The molecule has 6 N–H and O–H groups in total. The van der Waals surface area contributed by atoms with Gasteiger partial charge in [0.1, 0.15) is 0 Å². The number of hydrogen-bond acceptors (Lipinski definition) is 3.